The number of hydrogen-bond acceptors (Lipinski definition) is 8. The number of nitrogens with zero attached hydrogens (tertiary/aromatic N) is 3. The molecule has 9 nitrogen and oxygen atoms in total. The molecular formula is C21H27N3O6S2. The van der Waals surface area contributed by atoms with Gasteiger partial charge in [0.15, 0.2) is 14.9 Å². The summed E-state index contributed by atoms with van der Waals surface area (Å²) < 4.78 is 61.4. The third-order valence-corrected chi connectivity index (χ3v) is 8.62. The van der Waals surface area contributed by atoms with E-state index < -0.39 is 19.9 Å². The zero-order valence-electron chi connectivity index (χ0n) is 18.3. The van der Waals surface area contributed by atoms with E-state index in [4.69, 9.17) is 9.47 Å². The first kappa shape index (κ1) is 22.8. The van der Waals surface area contributed by atoms with Crippen LogP contribution in [0.3, 0.4) is 0 Å². The van der Waals surface area contributed by atoms with Crippen LogP contribution in [0.4, 0.5) is 11.4 Å². The molecule has 0 spiro atoms. The van der Waals surface area contributed by atoms with Crippen LogP contribution in [-0.4, -0.2) is 70.5 Å². The predicted molar refractivity (Wildman–Crippen MR) is 121 cm³/mol. The molecule has 3 heterocycles. The van der Waals surface area contributed by atoms with E-state index in [1.165, 1.54) is 4.31 Å². The van der Waals surface area contributed by atoms with Gasteiger partial charge in [-0.3, -0.25) is 0 Å². The normalized spacial score (nSPS) is 19.5. The second-order valence-corrected chi connectivity index (χ2v) is 12.2. The number of sulfone groups is 1. The molecule has 4 rings (SSSR count). The lowest BCUT2D eigenvalue weighted by molar-refractivity contribution is 0.215. The van der Waals surface area contributed by atoms with Crippen molar-refractivity contribution in [2.45, 2.75) is 31.4 Å². The van der Waals surface area contributed by atoms with Crippen molar-refractivity contribution in [2.75, 3.05) is 43.1 Å². The third-order valence-electron chi connectivity index (χ3n) is 5.64. The Balaban J connectivity index is 1.58. The van der Waals surface area contributed by atoms with E-state index in [9.17, 15) is 16.8 Å². The fourth-order valence-electron chi connectivity index (χ4n) is 4.04. The Morgan fingerprint density at radius 3 is 2.66 bits per heavy atom. The summed E-state index contributed by atoms with van der Waals surface area (Å²) in [5.74, 6) is 1.39. The Hall–Kier alpha value is -2.37. The molecule has 174 valence electrons. The number of hydrogen-bond donors (Lipinski definition) is 0. The molecule has 2 aliphatic heterocycles. The highest BCUT2D eigenvalue weighted by atomic mass is 32.2. The van der Waals surface area contributed by atoms with Crippen molar-refractivity contribution in [3.05, 3.63) is 36.0 Å². The minimum Gasteiger partial charge on any atom is -0.490 e. The van der Waals surface area contributed by atoms with E-state index in [0.29, 0.717) is 49.7 Å². The number of rotatable bonds is 6. The highest BCUT2D eigenvalue weighted by Gasteiger charge is 2.32. The summed E-state index contributed by atoms with van der Waals surface area (Å²) in [6, 6.07) is 7.31. The zero-order chi connectivity index (χ0) is 23.1. The molecule has 1 aromatic carbocycles. The summed E-state index contributed by atoms with van der Waals surface area (Å²) in [6.07, 6.45) is 3.11. The molecule has 0 radical (unpaired) electrons. The molecule has 2 aromatic rings. The van der Waals surface area contributed by atoms with Crippen LogP contribution >= 0.6 is 0 Å². The second-order valence-electron chi connectivity index (χ2n) is 8.00. The summed E-state index contributed by atoms with van der Waals surface area (Å²) in [7, 11) is -6.62. The Morgan fingerprint density at radius 2 is 1.97 bits per heavy atom. The van der Waals surface area contributed by atoms with Gasteiger partial charge in [-0.25, -0.2) is 21.8 Å². The summed E-state index contributed by atoms with van der Waals surface area (Å²) in [5, 5.41) is 0.0691. The van der Waals surface area contributed by atoms with Crippen LogP contribution in [-0.2, 0) is 19.9 Å². The highest BCUT2D eigenvalue weighted by molar-refractivity contribution is 7.90. The molecule has 0 amide bonds. The number of ether oxygens (including phenoxy) is 2. The fraction of sp³-hybridized carbons (Fsp3) is 0.476. The van der Waals surface area contributed by atoms with E-state index in [2.05, 4.69) is 4.98 Å². The van der Waals surface area contributed by atoms with Gasteiger partial charge in [-0.1, -0.05) is 0 Å². The van der Waals surface area contributed by atoms with Crippen molar-refractivity contribution in [1.82, 2.24) is 9.29 Å². The van der Waals surface area contributed by atoms with Crippen molar-refractivity contribution >= 4 is 31.2 Å². The number of sulfonamides is 1. The van der Waals surface area contributed by atoms with E-state index >= 15 is 0 Å². The highest BCUT2D eigenvalue weighted by Crippen LogP contribution is 2.40. The number of aryl methyl sites for hydroxylation is 1. The van der Waals surface area contributed by atoms with Gasteiger partial charge in [0.2, 0.25) is 10.0 Å². The first-order valence-corrected chi connectivity index (χ1v) is 13.9. The summed E-state index contributed by atoms with van der Waals surface area (Å²) >= 11 is 0. The molecule has 32 heavy (non-hydrogen) atoms. The summed E-state index contributed by atoms with van der Waals surface area (Å²) in [5.41, 5.74) is 2.13. The second kappa shape index (κ2) is 8.53. The van der Waals surface area contributed by atoms with Gasteiger partial charge in [-0.15, -0.1) is 0 Å². The van der Waals surface area contributed by atoms with E-state index in [0.717, 1.165) is 17.6 Å². The first-order chi connectivity index (χ1) is 15.1. The zero-order valence-corrected chi connectivity index (χ0v) is 19.9. The van der Waals surface area contributed by atoms with Gasteiger partial charge in [-0.05, 0) is 44.0 Å². The standard InChI is InChI=1S/C21H27N3O6S2/c1-4-32(27,28)23-8-7-18(14-23)30-17-5-6-20-19(12-17)24(9-10-29-20)16-11-15(2)21(22-13-16)31(3,25)26/h5-6,11-13,18H,4,7-10,14H2,1-3H3/t18-/m0/s1. The minimum absolute atomic E-state index is 0.0691. The lowest BCUT2D eigenvalue weighted by Gasteiger charge is -2.32. The molecule has 11 heteroatoms. The molecule has 1 aromatic heterocycles. The largest absolute Gasteiger partial charge is 0.490 e. The van der Waals surface area contributed by atoms with Gasteiger partial charge in [0, 0.05) is 18.9 Å². The smallest absolute Gasteiger partial charge is 0.213 e. The Labute approximate surface area is 188 Å². The van der Waals surface area contributed by atoms with Gasteiger partial charge in [0.1, 0.15) is 24.2 Å². The van der Waals surface area contributed by atoms with Crippen LogP contribution in [0.1, 0.15) is 18.9 Å². The Morgan fingerprint density at radius 1 is 1.19 bits per heavy atom. The molecule has 1 atom stereocenters. The Bertz CT molecular complexity index is 1230. The van der Waals surface area contributed by atoms with Crippen molar-refractivity contribution in [2.24, 2.45) is 0 Å². The number of benzene rings is 1. The molecule has 0 saturated carbocycles. The predicted octanol–water partition coefficient (Wildman–Crippen LogP) is 2.13. The number of pyridine rings is 1. The van der Waals surface area contributed by atoms with E-state index in [1.807, 2.05) is 23.1 Å². The molecule has 0 aliphatic carbocycles. The molecule has 2 aliphatic rings. The van der Waals surface area contributed by atoms with Gasteiger partial charge in [0.25, 0.3) is 0 Å². The lowest BCUT2D eigenvalue weighted by atomic mass is 10.2. The van der Waals surface area contributed by atoms with Crippen molar-refractivity contribution in [1.29, 1.82) is 0 Å². The van der Waals surface area contributed by atoms with Crippen molar-refractivity contribution < 1.29 is 26.3 Å². The topological polar surface area (TPSA) is 106 Å². The van der Waals surface area contributed by atoms with E-state index in [-0.39, 0.29) is 16.9 Å². The van der Waals surface area contributed by atoms with Crippen LogP contribution in [0.15, 0.2) is 35.5 Å². The Kier molecular flexibility index (Phi) is 6.08. The first-order valence-electron chi connectivity index (χ1n) is 10.4. The van der Waals surface area contributed by atoms with Crippen LogP contribution < -0.4 is 14.4 Å². The summed E-state index contributed by atoms with van der Waals surface area (Å²) in [4.78, 5) is 6.19. The maximum atomic E-state index is 12.1. The molecule has 0 N–H and O–H groups in total. The third kappa shape index (κ3) is 4.55. The SMILES string of the molecule is CCS(=O)(=O)N1CC[C@H](Oc2ccc3c(c2)N(c2cnc(S(C)(=O)=O)c(C)c2)CCO3)C1. The fourth-order valence-corrected chi connectivity index (χ4v) is 6.07. The van der Waals surface area contributed by atoms with Crippen LogP contribution in [0, 0.1) is 6.92 Å². The average Bonchev–Trinajstić information content (AvgIpc) is 3.21. The van der Waals surface area contributed by atoms with Gasteiger partial charge < -0.3 is 14.4 Å². The quantitative estimate of drug-likeness (QED) is 0.618. The van der Waals surface area contributed by atoms with Gasteiger partial charge in [0.05, 0.1) is 36.4 Å². The van der Waals surface area contributed by atoms with Gasteiger partial charge >= 0.3 is 0 Å². The molecule has 1 saturated heterocycles. The molecule has 0 bridgehead atoms. The van der Waals surface area contributed by atoms with Crippen molar-refractivity contribution in [3.8, 4) is 11.5 Å². The number of fused-ring (bicyclic) bond motifs is 1. The minimum atomic E-state index is -3.40. The van der Waals surface area contributed by atoms with Crippen LogP contribution in [0.2, 0.25) is 0 Å². The monoisotopic (exact) mass is 481 g/mol. The number of anilines is 2. The maximum Gasteiger partial charge on any atom is 0.213 e. The van der Waals surface area contributed by atoms with Crippen LogP contribution in [0.5, 0.6) is 11.5 Å². The molecular weight excluding hydrogens is 454 g/mol. The average molecular weight is 482 g/mol. The molecule has 0 unspecified atom stereocenters. The van der Waals surface area contributed by atoms with Crippen molar-refractivity contribution in [3.63, 3.8) is 0 Å². The lowest BCUT2D eigenvalue weighted by Crippen LogP contribution is -2.32. The molecule has 1 fully saturated rings. The number of aromatic nitrogens is 1. The summed E-state index contributed by atoms with van der Waals surface area (Å²) in [6.45, 7) is 5.21. The van der Waals surface area contributed by atoms with Gasteiger partial charge in [-0.2, -0.15) is 4.31 Å². The maximum absolute atomic E-state index is 12.1. The van der Waals surface area contributed by atoms with Crippen LogP contribution in [0.25, 0.3) is 0 Å². The van der Waals surface area contributed by atoms with E-state index in [1.54, 1.807) is 26.1 Å².